The van der Waals surface area contributed by atoms with Crippen molar-refractivity contribution in [1.29, 1.82) is 0 Å². The molecule has 5 nitrogen and oxygen atoms in total. The van der Waals surface area contributed by atoms with E-state index >= 15 is 0 Å². The first-order chi connectivity index (χ1) is 10.5. The van der Waals surface area contributed by atoms with E-state index in [0.717, 1.165) is 5.69 Å². The number of nitrogens with zero attached hydrogens (tertiary/aromatic N) is 3. The van der Waals surface area contributed by atoms with Gasteiger partial charge in [0.25, 0.3) is 0 Å². The zero-order chi connectivity index (χ0) is 15.6. The molecular formula is C14H9F3N4O. The van der Waals surface area contributed by atoms with Gasteiger partial charge in [0.2, 0.25) is 5.82 Å². The third kappa shape index (κ3) is 3.05. The SMILES string of the molecule is FC(F)(F)c1nc(-c2cccc(Nc3cccnc3)c2)no1. The molecule has 22 heavy (non-hydrogen) atoms. The Morgan fingerprint density at radius 3 is 2.55 bits per heavy atom. The number of alkyl halides is 3. The second kappa shape index (κ2) is 5.47. The van der Waals surface area contributed by atoms with Crippen molar-refractivity contribution in [3.8, 4) is 11.4 Å². The Morgan fingerprint density at radius 2 is 1.86 bits per heavy atom. The van der Waals surface area contributed by atoms with Crippen LogP contribution in [-0.2, 0) is 6.18 Å². The van der Waals surface area contributed by atoms with E-state index in [4.69, 9.17) is 0 Å². The summed E-state index contributed by atoms with van der Waals surface area (Å²) in [6.45, 7) is 0. The van der Waals surface area contributed by atoms with Crippen LogP contribution in [0, 0.1) is 0 Å². The van der Waals surface area contributed by atoms with Crippen molar-refractivity contribution in [2.45, 2.75) is 6.18 Å². The monoisotopic (exact) mass is 306 g/mol. The lowest BCUT2D eigenvalue weighted by Crippen LogP contribution is -2.04. The second-order valence-corrected chi connectivity index (χ2v) is 4.37. The summed E-state index contributed by atoms with van der Waals surface area (Å²) in [6.07, 6.45) is -1.39. The topological polar surface area (TPSA) is 63.8 Å². The molecular weight excluding hydrogens is 297 g/mol. The number of halogens is 3. The maximum absolute atomic E-state index is 12.5. The van der Waals surface area contributed by atoms with E-state index in [2.05, 4.69) is 25.0 Å². The average molecular weight is 306 g/mol. The molecule has 3 aromatic rings. The molecule has 0 spiro atoms. The van der Waals surface area contributed by atoms with Crippen LogP contribution >= 0.6 is 0 Å². The van der Waals surface area contributed by atoms with Crippen LogP contribution in [0.4, 0.5) is 24.5 Å². The summed E-state index contributed by atoms with van der Waals surface area (Å²) in [7, 11) is 0. The van der Waals surface area contributed by atoms with Gasteiger partial charge in [0, 0.05) is 17.4 Å². The molecule has 1 N–H and O–H groups in total. The van der Waals surface area contributed by atoms with E-state index in [1.165, 1.54) is 0 Å². The first-order valence-electron chi connectivity index (χ1n) is 6.21. The predicted octanol–water partition coefficient (Wildman–Crippen LogP) is 3.89. The van der Waals surface area contributed by atoms with Crippen LogP contribution in [0.15, 0.2) is 53.3 Å². The number of pyridine rings is 1. The molecule has 0 fully saturated rings. The number of nitrogens with one attached hydrogen (secondary N) is 1. The molecule has 2 heterocycles. The van der Waals surface area contributed by atoms with Crippen LogP contribution in [0.25, 0.3) is 11.4 Å². The van der Waals surface area contributed by atoms with Crippen LogP contribution in [0.5, 0.6) is 0 Å². The van der Waals surface area contributed by atoms with Gasteiger partial charge in [-0.25, -0.2) is 0 Å². The zero-order valence-electron chi connectivity index (χ0n) is 11.0. The lowest BCUT2D eigenvalue weighted by Gasteiger charge is -2.06. The lowest BCUT2D eigenvalue weighted by molar-refractivity contribution is -0.159. The number of benzene rings is 1. The first-order valence-corrected chi connectivity index (χ1v) is 6.21. The Hall–Kier alpha value is -2.90. The highest BCUT2D eigenvalue weighted by atomic mass is 19.4. The van der Waals surface area contributed by atoms with Crippen molar-refractivity contribution in [2.75, 3.05) is 5.32 Å². The fraction of sp³-hybridized carbons (Fsp3) is 0.0714. The minimum absolute atomic E-state index is 0.123. The summed E-state index contributed by atoms with van der Waals surface area (Å²) in [5.74, 6) is -1.49. The number of hydrogen-bond acceptors (Lipinski definition) is 5. The van der Waals surface area contributed by atoms with E-state index in [-0.39, 0.29) is 5.82 Å². The molecule has 0 radical (unpaired) electrons. The summed E-state index contributed by atoms with van der Waals surface area (Å²) in [4.78, 5) is 7.32. The van der Waals surface area contributed by atoms with Crippen molar-refractivity contribution in [3.05, 3.63) is 54.7 Å². The third-order valence-electron chi connectivity index (χ3n) is 2.74. The Morgan fingerprint density at radius 1 is 1.05 bits per heavy atom. The molecule has 0 unspecified atom stereocenters. The molecule has 1 aromatic carbocycles. The van der Waals surface area contributed by atoms with Gasteiger partial charge in [0.1, 0.15) is 0 Å². The van der Waals surface area contributed by atoms with Gasteiger partial charge < -0.3 is 9.84 Å². The Labute approximate surface area is 122 Å². The molecule has 0 saturated heterocycles. The van der Waals surface area contributed by atoms with E-state index in [1.807, 2.05) is 6.07 Å². The normalized spacial score (nSPS) is 11.4. The van der Waals surface area contributed by atoms with Crippen molar-refractivity contribution < 1.29 is 17.7 Å². The van der Waals surface area contributed by atoms with E-state index < -0.39 is 12.1 Å². The fourth-order valence-corrected chi connectivity index (χ4v) is 1.80. The van der Waals surface area contributed by atoms with Gasteiger partial charge in [0.15, 0.2) is 0 Å². The van der Waals surface area contributed by atoms with E-state index in [0.29, 0.717) is 11.3 Å². The molecule has 0 aliphatic heterocycles. The molecule has 0 atom stereocenters. The predicted molar refractivity (Wildman–Crippen MR) is 72.3 cm³/mol. The van der Waals surface area contributed by atoms with Gasteiger partial charge in [-0.3, -0.25) is 4.98 Å². The number of aromatic nitrogens is 3. The van der Waals surface area contributed by atoms with Crippen LogP contribution < -0.4 is 5.32 Å². The van der Waals surface area contributed by atoms with Crippen LogP contribution in [0.1, 0.15) is 5.89 Å². The highest BCUT2D eigenvalue weighted by molar-refractivity contribution is 5.66. The Kier molecular flexibility index (Phi) is 3.50. The van der Waals surface area contributed by atoms with Crippen LogP contribution in [0.2, 0.25) is 0 Å². The van der Waals surface area contributed by atoms with Gasteiger partial charge in [-0.05, 0) is 24.3 Å². The highest BCUT2D eigenvalue weighted by Crippen LogP contribution is 2.30. The minimum Gasteiger partial charge on any atom is -0.354 e. The summed E-state index contributed by atoms with van der Waals surface area (Å²) >= 11 is 0. The second-order valence-electron chi connectivity index (χ2n) is 4.37. The highest BCUT2D eigenvalue weighted by Gasteiger charge is 2.38. The molecule has 0 saturated carbocycles. The molecule has 0 amide bonds. The summed E-state index contributed by atoms with van der Waals surface area (Å²) in [6, 6.07) is 10.2. The lowest BCUT2D eigenvalue weighted by atomic mass is 10.2. The smallest absolute Gasteiger partial charge is 0.354 e. The molecule has 0 aliphatic carbocycles. The maximum atomic E-state index is 12.5. The van der Waals surface area contributed by atoms with Crippen molar-refractivity contribution in [3.63, 3.8) is 0 Å². The van der Waals surface area contributed by atoms with Crippen molar-refractivity contribution in [1.82, 2.24) is 15.1 Å². The number of hydrogen-bond donors (Lipinski definition) is 1. The molecule has 3 rings (SSSR count). The standard InChI is InChI=1S/C14H9F3N4O/c15-14(16,17)13-20-12(21-22-13)9-3-1-4-10(7-9)19-11-5-2-6-18-8-11/h1-8,19H. The molecule has 0 aliphatic rings. The molecule has 8 heteroatoms. The minimum atomic E-state index is -4.66. The average Bonchev–Trinajstić information content (AvgIpc) is 2.99. The van der Waals surface area contributed by atoms with Crippen molar-refractivity contribution >= 4 is 11.4 Å². The Balaban J connectivity index is 1.86. The van der Waals surface area contributed by atoms with Crippen LogP contribution in [-0.4, -0.2) is 15.1 Å². The van der Waals surface area contributed by atoms with Crippen LogP contribution in [0.3, 0.4) is 0 Å². The molecule has 2 aromatic heterocycles. The zero-order valence-corrected chi connectivity index (χ0v) is 11.0. The summed E-state index contributed by atoms with van der Waals surface area (Å²) in [5, 5.41) is 6.44. The third-order valence-corrected chi connectivity index (χ3v) is 2.74. The fourth-order valence-electron chi connectivity index (χ4n) is 1.80. The Bertz CT molecular complexity index is 771. The largest absolute Gasteiger partial charge is 0.471 e. The maximum Gasteiger partial charge on any atom is 0.471 e. The first kappa shape index (κ1) is 14.1. The number of rotatable bonds is 3. The van der Waals surface area contributed by atoms with Gasteiger partial charge >= 0.3 is 12.1 Å². The van der Waals surface area contributed by atoms with Gasteiger partial charge in [-0.1, -0.05) is 17.3 Å². The van der Waals surface area contributed by atoms with E-state index in [1.54, 1.807) is 42.7 Å². The summed E-state index contributed by atoms with van der Waals surface area (Å²) in [5.41, 5.74) is 1.83. The number of anilines is 2. The van der Waals surface area contributed by atoms with E-state index in [9.17, 15) is 13.2 Å². The summed E-state index contributed by atoms with van der Waals surface area (Å²) < 4.78 is 41.6. The molecule has 0 bridgehead atoms. The van der Waals surface area contributed by atoms with Gasteiger partial charge in [0.05, 0.1) is 11.9 Å². The van der Waals surface area contributed by atoms with Gasteiger partial charge in [-0.15, -0.1) is 0 Å². The van der Waals surface area contributed by atoms with Gasteiger partial charge in [-0.2, -0.15) is 18.2 Å². The van der Waals surface area contributed by atoms with Crippen molar-refractivity contribution in [2.24, 2.45) is 0 Å². The molecule has 112 valence electrons. The quantitative estimate of drug-likeness (QED) is 0.795.